The van der Waals surface area contributed by atoms with Crippen molar-refractivity contribution in [2.24, 2.45) is 5.92 Å². The molecule has 0 aliphatic carbocycles. The first-order valence-electron chi connectivity index (χ1n) is 10.7. The zero-order valence-electron chi connectivity index (χ0n) is 18.4. The molecule has 0 heterocycles. The van der Waals surface area contributed by atoms with Gasteiger partial charge in [0.15, 0.2) is 0 Å². The number of halogens is 6. The minimum Gasteiger partial charge on any atom is -0.432 e. The molecule has 1 atom stereocenters. The molecule has 0 N–H and O–H groups in total. The molecular weight excluding hydrogens is 434 g/mol. The largest absolute Gasteiger partial charge is 0.432 e. The lowest BCUT2D eigenvalue weighted by Gasteiger charge is -2.25. The van der Waals surface area contributed by atoms with Crippen LogP contribution in [0.15, 0.2) is 36.4 Å². The van der Waals surface area contributed by atoms with Gasteiger partial charge in [0.25, 0.3) is 0 Å². The van der Waals surface area contributed by atoms with Gasteiger partial charge in [0.1, 0.15) is 22.9 Å². The monoisotopic (exact) mass is 462 g/mol. The highest BCUT2D eigenvalue weighted by molar-refractivity contribution is 5.29. The minimum absolute atomic E-state index is 0.00552. The second kappa shape index (κ2) is 11.1. The fourth-order valence-corrected chi connectivity index (χ4v) is 3.21. The maximum Gasteiger partial charge on any atom is 0.400 e. The SMILES string of the molecule is CCCc1ccc(OC(F)(F)C(C)CCCOC(F)(F)c2c(F)cc(CC)cc2F)cc1. The van der Waals surface area contributed by atoms with E-state index in [4.69, 9.17) is 4.74 Å². The summed E-state index contributed by atoms with van der Waals surface area (Å²) >= 11 is 0. The Labute approximate surface area is 184 Å². The Bertz CT molecular complexity index is 844. The standard InChI is InChI=1S/C24H28F6O2/c1-4-7-18-9-11-19(12-10-18)32-23(27,28)16(3)8-6-13-31-24(29,30)22-20(25)14-17(5-2)15-21(22)26/h9-12,14-16H,4-8,13H2,1-3H3. The Kier molecular flexibility index (Phi) is 9.01. The van der Waals surface area contributed by atoms with Crippen LogP contribution in [0.5, 0.6) is 5.75 Å². The molecule has 1 unspecified atom stereocenters. The zero-order valence-corrected chi connectivity index (χ0v) is 18.4. The van der Waals surface area contributed by atoms with Crippen molar-refractivity contribution in [1.29, 1.82) is 0 Å². The maximum atomic E-state index is 14.3. The molecule has 0 aromatic heterocycles. The van der Waals surface area contributed by atoms with E-state index >= 15 is 0 Å². The highest BCUT2D eigenvalue weighted by atomic mass is 19.3. The van der Waals surface area contributed by atoms with E-state index in [0.29, 0.717) is 0 Å². The normalized spacial score (nSPS) is 13.3. The lowest BCUT2D eigenvalue weighted by molar-refractivity contribution is -0.254. The van der Waals surface area contributed by atoms with E-state index in [1.54, 1.807) is 19.1 Å². The minimum atomic E-state index is -4.22. The van der Waals surface area contributed by atoms with E-state index in [-0.39, 0.29) is 30.6 Å². The molecule has 178 valence electrons. The summed E-state index contributed by atoms with van der Waals surface area (Å²) in [5, 5.41) is 0. The molecule has 0 amide bonds. The average molecular weight is 462 g/mol. The second-order valence-electron chi connectivity index (χ2n) is 7.75. The third-order valence-electron chi connectivity index (χ3n) is 5.16. The van der Waals surface area contributed by atoms with E-state index in [1.165, 1.54) is 19.1 Å². The van der Waals surface area contributed by atoms with Crippen LogP contribution in [0.4, 0.5) is 26.3 Å². The number of ether oxygens (including phenoxy) is 2. The lowest BCUT2D eigenvalue weighted by atomic mass is 10.0. The van der Waals surface area contributed by atoms with Crippen LogP contribution in [-0.2, 0) is 23.7 Å². The van der Waals surface area contributed by atoms with E-state index in [0.717, 1.165) is 30.5 Å². The molecule has 0 spiro atoms. The van der Waals surface area contributed by atoms with Crippen LogP contribution in [0, 0.1) is 17.6 Å². The van der Waals surface area contributed by atoms with Gasteiger partial charge in [0, 0.05) is 0 Å². The summed E-state index contributed by atoms with van der Waals surface area (Å²) < 4.78 is 94.1. The second-order valence-corrected chi connectivity index (χ2v) is 7.75. The van der Waals surface area contributed by atoms with Crippen molar-refractivity contribution in [2.45, 2.75) is 65.1 Å². The first-order chi connectivity index (χ1) is 15.0. The molecule has 0 bridgehead atoms. The summed E-state index contributed by atoms with van der Waals surface area (Å²) in [6, 6.07) is 7.99. The quantitative estimate of drug-likeness (QED) is 0.238. The molecule has 0 radical (unpaired) electrons. The molecule has 2 aromatic carbocycles. The highest BCUT2D eigenvalue weighted by Crippen LogP contribution is 2.35. The molecule has 8 heteroatoms. The van der Waals surface area contributed by atoms with Gasteiger partial charge in [-0.05, 0) is 61.1 Å². The molecule has 0 saturated heterocycles. The number of benzene rings is 2. The van der Waals surface area contributed by atoms with Crippen LogP contribution in [-0.4, -0.2) is 12.7 Å². The first-order valence-corrected chi connectivity index (χ1v) is 10.7. The molecule has 2 rings (SSSR count). The first kappa shape index (κ1) is 26.0. The van der Waals surface area contributed by atoms with Gasteiger partial charge in [-0.15, -0.1) is 0 Å². The van der Waals surface area contributed by atoms with Crippen LogP contribution in [0.3, 0.4) is 0 Å². The summed E-state index contributed by atoms with van der Waals surface area (Å²) in [5.74, 6) is -4.12. The van der Waals surface area contributed by atoms with Crippen LogP contribution in [0.2, 0.25) is 0 Å². The molecular formula is C24H28F6O2. The van der Waals surface area contributed by atoms with Crippen molar-refractivity contribution >= 4 is 0 Å². The summed E-state index contributed by atoms with van der Waals surface area (Å²) in [6.07, 6.45) is -6.09. The Morgan fingerprint density at radius 3 is 2.03 bits per heavy atom. The molecule has 0 aliphatic heterocycles. The maximum absolute atomic E-state index is 14.3. The Morgan fingerprint density at radius 2 is 1.50 bits per heavy atom. The molecule has 0 saturated carbocycles. The number of rotatable bonds is 12. The predicted molar refractivity (Wildman–Crippen MR) is 110 cm³/mol. The van der Waals surface area contributed by atoms with Gasteiger partial charge >= 0.3 is 12.2 Å². The van der Waals surface area contributed by atoms with Gasteiger partial charge in [-0.3, -0.25) is 0 Å². The third kappa shape index (κ3) is 6.89. The molecule has 0 aliphatic rings. The third-order valence-corrected chi connectivity index (χ3v) is 5.16. The van der Waals surface area contributed by atoms with Gasteiger partial charge < -0.3 is 9.47 Å². The smallest absolute Gasteiger partial charge is 0.400 e. The molecule has 2 nitrogen and oxygen atoms in total. The van der Waals surface area contributed by atoms with Gasteiger partial charge in [0.05, 0.1) is 12.5 Å². The highest BCUT2D eigenvalue weighted by Gasteiger charge is 2.41. The van der Waals surface area contributed by atoms with Gasteiger partial charge in [-0.25, -0.2) is 8.78 Å². The van der Waals surface area contributed by atoms with Gasteiger partial charge in [-0.2, -0.15) is 17.6 Å². The number of alkyl halides is 4. The van der Waals surface area contributed by atoms with Crippen molar-refractivity contribution in [3.63, 3.8) is 0 Å². The van der Waals surface area contributed by atoms with E-state index in [2.05, 4.69) is 4.74 Å². The van der Waals surface area contributed by atoms with Crippen molar-refractivity contribution in [1.82, 2.24) is 0 Å². The van der Waals surface area contributed by atoms with Crippen molar-refractivity contribution < 1.29 is 35.8 Å². The number of hydrogen-bond donors (Lipinski definition) is 0. The van der Waals surface area contributed by atoms with E-state index < -0.39 is 41.9 Å². The van der Waals surface area contributed by atoms with Crippen LogP contribution < -0.4 is 4.74 Å². The summed E-state index contributed by atoms with van der Waals surface area (Å²) in [7, 11) is 0. The van der Waals surface area contributed by atoms with Crippen LogP contribution in [0.1, 0.15) is 56.7 Å². The fourth-order valence-electron chi connectivity index (χ4n) is 3.21. The Morgan fingerprint density at radius 1 is 0.906 bits per heavy atom. The number of hydrogen-bond acceptors (Lipinski definition) is 2. The Balaban J connectivity index is 1.89. The lowest BCUT2D eigenvalue weighted by Crippen LogP contribution is -2.33. The number of aryl methyl sites for hydroxylation is 2. The topological polar surface area (TPSA) is 18.5 Å². The van der Waals surface area contributed by atoms with Gasteiger partial charge in [-0.1, -0.05) is 39.3 Å². The van der Waals surface area contributed by atoms with E-state index in [1.807, 2.05) is 6.92 Å². The predicted octanol–water partition coefficient (Wildman–Crippen LogP) is 7.63. The van der Waals surface area contributed by atoms with Crippen molar-refractivity contribution in [2.75, 3.05) is 6.61 Å². The van der Waals surface area contributed by atoms with Gasteiger partial charge in [0.2, 0.25) is 0 Å². The van der Waals surface area contributed by atoms with Crippen LogP contribution >= 0.6 is 0 Å². The Hall–Kier alpha value is -2.22. The summed E-state index contributed by atoms with van der Waals surface area (Å²) in [4.78, 5) is 0. The molecule has 0 fully saturated rings. The summed E-state index contributed by atoms with van der Waals surface area (Å²) in [6.45, 7) is 4.21. The molecule has 32 heavy (non-hydrogen) atoms. The average Bonchev–Trinajstić information content (AvgIpc) is 2.71. The summed E-state index contributed by atoms with van der Waals surface area (Å²) in [5.41, 5.74) is -0.245. The van der Waals surface area contributed by atoms with Crippen molar-refractivity contribution in [3.8, 4) is 5.75 Å². The van der Waals surface area contributed by atoms with E-state index in [9.17, 15) is 26.3 Å². The fraction of sp³-hybridized carbons (Fsp3) is 0.500. The van der Waals surface area contributed by atoms with Crippen LogP contribution in [0.25, 0.3) is 0 Å². The molecule has 2 aromatic rings. The zero-order chi connectivity index (χ0) is 23.9. The van der Waals surface area contributed by atoms with Crippen molar-refractivity contribution in [3.05, 3.63) is 64.7 Å².